The molecule has 4 atom stereocenters. The van der Waals surface area contributed by atoms with Crippen LogP contribution in [0.3, 0.4) is 0 Å². The van der Waals surface area contributed by atoms with E-state index in [-0.39, 0.29) is 17.4 Å². The zero-order valence-corrected chi connectivity index (χ0v) is 25.1. The molecule has 4 aromatic rings. The van der Waals surface area contributed by atoms with Crippen LogP contribution in [0.5, 0.6) is 0 Å². The predicted molar refractivity (Wildman–Crippen MR) is 165 cm³/mol. The number of nitrogen functional groups attached to an aromatic ring is 1. The molecule has 3 saturated carbocycles. The third-order valence-corrected chi connectivity index (χ3v) is 10.2. The number of nitrogens with one attached hydrogen (secondary N) is 1. The number of aromatic nitrogens is 5. The van der Waals surface area contributed by atoms with Gasteiger partial charge in [-0.2, -0.15) is 0 Å². The summed E-state index contributed by atoms with van der Waals surface area (Å²) < 4.78 is 1.98. The lowest BCUT2D eigenvalue weighted by molar-refractivity contribution is -0.0120. The van der Waals surface area contributed by atoms with Gasteiger partial charge in [0.15, 0.2) is 0 Å². The quantitative estimate of drug-likeness (QED) is 0.231. The first-order valence-corrected chi connectivity index (χ1v) is 15.8. The van der Waals surface area contributed by atoms with Gasteiger partial charge in [0.1, 0.15) is 29.7 Å². The van der Waals surface area contributed by atoms with Gasteiger partial charge in [-0.05, 0) is 79.5 Å². The Morgan fingerprint density at radius 2 is 1.83 bits per heavy atom. The number of aromatic amines is 1. The SMILES string of the molecule is CC(C)(C)c1ccc2[nH]c(CC[C@H]3C[C@H](N(CC4CC4)C[C@H]4C[C@@H](n5ccc6c(N)ncnc65)[C@H](O)[C@@H]4O)C3)nc2c1. The van der Waals surface area contributed by atoms with Crippen LogP contribution in [-0.2, 0) is 11.8 Å². The maximum atomic E-state index is 11.2. The minimum absolute atomic E-state index is 0.0213. The molecular formula is C33H45N7O2. The Morgan fingerprint density at radius 1 is 1.02 bits per heavy atom. The molecule has 3 heterocycles. The van der Waals surface area contributed by atoms with Crippen LogP contribution in [0.4, 0.5) is 5.82 Å². The molecule has 42 heavy (non-hydrogen) atoms. The normalized spacial score (nSPS) is 28.2. The van der Waals surface area contributed by atoms with E-state index in [9.17, 15) is 10.2 Å². The highest BCUT2D eigenvalue weighted by atomic mass is 16.3. The van der Waals surface area contributed by atoms with Crippen molar-refractivity contribution in [2.45, 2.75) is 95.4 Å². The summed E-state index contributed by atoms with van der Waals surface area (Å²) in [5.41, 5.74) is 10.4. The monoisotopic (exact) mass is 571 g/mol. The Hall–Kier alpha value is -3.01. The summed E-state index contributed by atoms with van der Waals surface area (Å²) in [5.74, 6) is 3.04. The van der Waals surface area contributed by atoms with E-state index < -0.39 is 12.2 Å². The first-order valence-electron chi connectivity index (χ1n) is 15.8. The lowest BCUT2D eigenvalue weighted by atomic mass is 9.76. The third-order valence-electron chi connectivity index (χ3n) is 10.2. The maximum Gasteiger partial charge on any atom is 0.145 e. The summed E-state index contributed by atoms with van der Waals surface area (Å²) in [6, 6.07) is 8.84. The van der Waals surface area contributed by atoms with Crippen molar-refractivity contribution in [1.82, 2.24) is 29.4 Å². The number of fused-ring (bicyclic) bond motifs is 2. The number of aryl methyl sites for hydroxylation is 1. The molecule has 5 N–H and O–H groups in total. The Balaban J connectivity index is 0.971. The van der Waals surface area contributed by atoms with E-state index in [1.807, 2.05) is 16.8 Å². The largest absolute Gasteiger partial charge is 0.390 e. The van der Waals surface area contributed by atoms with Gasteiger partial charge in [0.2, 0.25) is 0 Å². The van der Waals surface area contributed by atoms with Crippen LogP contribution < -0.4 is 5.73 Å². The second-order valence-corrected chi connectivity index (χ2v) is 14.4. The molecule has 3 fully saturated rings. The minimum atomic E-state index is -0.831. The number of nitrogens with zero attached hydrogens (tertiary/aromatic N) is 5. The molecule has 7 rings (SSSR count). The number of hydrogen-bond acceptors (Lipinski definition) is 7. The molecule has 0 unspecified atom stereocenters. The van der Waals surface area contributed by atoms with Crippen molar-refractivity contribution in [3.63, 3.8) is 0 Å². The van der Waals surface area contributed by atoms with E-state index in [1.54, 1.807) is 0 Å². The molecule has 3 aliphatic rings. The van der Waals surface area contributed by atoms with Crippen LogP contribution in [-0.4, -0.2) is 71.0 Å². The summed E-state index contributed by atoms with van der Waals surface area (Å²) in [5, 5.41) is 23.0. The van der Waals surface area contributed by atoms with Crippen LogP contribution >= 0.6 is 0 Å². The number of aliphatic hydroxyl groups excluding tert-OH is 2. The number of anilines is 1. The van der Waals surface area contributed by atoms with Crippen LogP contribution in [0.1, 0.15) is 76.7 Å². The average molecular weight is 572 g/mol. The number of nitrogens with two attached hydrogens (primary N) is 1. The molecule has 0 amide bonds. The Labute approximate surface area is 247 Å². The summed E-state index contributed by atoms with van der Waals surface area (Å²) in [6.45, 7) is 8.66. The summed E-state index contributed by atoms with van der Waals surface area (Å²) in [7, 11) is 0. The van der Waals surface area contributed by atoms with Crippen LogP contribution in [0.15, 0.2) is 36.8 Å². The zero-order valence-electron chi connectivity index (χ0n) is 25.1. The highest BCUT2D eigenvalue weighted by Crippen LogP contribution is 2.42. The molecule has 224 valence electrons. The summed E-state index contributed by atoms with van der Waals surface area (Å²) in [6.07, 6.45) is 9.67. The molecule has 9 heteroatoms. The van der Waals surface area contributed by atoms with Gasteiger partial charge in [-0.1, -0.05) is 26.8 Å². The molecular weight excluding hydrogens is 526 g/mol. The number of imidazole rings is 1. The van der Waals surface area contributed by atoms with Crippen LogP contribution in [0, 0.1) is 17.8 Å². The van der Waals surface area contributed by atoms with Crippen molar-refractivity contribution < 1.29 is 10.2 Å². The third kappa shape index (κ3) is 5.31. The molecule has 0 spiro atoms. The van der Waals surface area contributed by atoms with Crippen LogP contribution in [0.2, 0.25) is 0 Å². The smallest absolute Gasteiger partial charge is 0.145 e. The van der Waals surface area contributed by atoms with Crippen molar-refractivity contribution in [3.05, 3.63) is 48.2 Å². The van der Waals surface area contributed by atoms with E-state index in [1.165, 1.54) is 37.6 Å². The molecule has 0 radical (unpaired) electrons. The second kappa shape index (κ2) is 10.6. The number of benzene rings is 1. The maximum absolute atomic E-state index is 11.2. The first kappa shape index (κ1) is 27.8. The number of H-pyrrole nitrogens is 1. The minimum Gasteiger partial charge on any atom is -0.390 e. The lowest BCUT2D eigenvalue weighted by Gasteiger charge is -2.44. The van der Waals surface area contributed by atoms with Gasteiger partial charge in [-0.15, -0.1) is 0 Å². The number of aliphatic hydroxyl groups is 2. The predicted octanol–water partition coefficient (Wildman–Crippen LogP) is 4.59. The topological polar surface area (TPSA) is 129 Å². The van der Waals surface area contributed by atoms with E-state index in [0.29, 0.717) is 17.8 Å². The van der Waals surface area contributed by atoms with E-state index >= 15 is 0 Å². The summed E-state index contributed by atoms with van der Waals surface area (Å²) >= 11 is 0. The number of rotatable bonds is 9. The highest BCUT2D eigenvalue weighted by Gasteiger charge is 2.45. The fourth-order valence-electron chi connectivity index (χ4n) is 7.34. The van der Waals surface area contributed by atoms with E-state index in [0.717, 1.165) is 66.2 Å². The molecule has 3 aliphatic carbocycles. The van der Waals surface area contributed by atoms with Gasteiger partial charge in [-0.3, -0.25) is 4.90 Å². The second-order valence-electron chi connectivity index (χ2n) is 14.4. The van der Waals surface area contributed by atoms with Gasteiger partial charge in [0, 0.05) is 37.7 Å². The highest BCUT2D eigenvalue weighted by molar-refractivity contribution is 5.86. The molecule has 3 aromatic heterocycles. The molecule has 0 bridgehead atoms. The van der Waals surface area contributed by atoms with Gasteiger partial charge in [-0.25, -0.2) is 15.0 Å². The Morgan fingerprint density at radius 3 is 2.60 bits per heavy atom. The van der Waals surface area contributed by atoms with Crippen molar-refractivity contribution in [2.24, 2.45) is 17.8 Å². The zero-order chi connectivity index (χ0) is 29.2. The van der Waals surface area contributed by atoms with Crippen molar-refractivity contribution >= 4 is 27.9 Å². The van der Waals surface area contributed by atoms with E-state index in [2.05, 4.69) is 58.8 Å². The van der Waals surface area contributed by atoms with Crippen LogP contribution in [0.25, 0.3) is 22.1 Å². The number of hydrogen-bond donors (Lipinski definition) is 4. The molecule has 9 nitrogen and oxygen atoms in total. The Kier molecular flexibility index (Phi) is 7.02. The van der Waals surface area contributed by atoms with Crippen molar-refractivity contribution in [3.8, 4) is 0 Å². The standard InChI is InChI=1S/C33H45N7O2/c1-33(2,3)22-7-8-25-26(15-22)38-28(37-25)9-6-20-12-23(13-20)39(16-19-4-5-19)17-21-14-27(30(42)29(21)41)40-11-10-24-31(34)35-18-36-32(24)40/h7-8,10-11,15,18-21,23,27,29-30,41-42H,4-6,9,12-14,16-17H2,1-3H3,(H,37,38)(H2,34,35,36)/t20-,21-,23-,27-,29-,30+/m1/s1. The van der Waals surface area contributed by atoms with Gasteiger partial charge in [0.05, 0.1) is 28.6 Å². The average Bonchev–Trinajstić information content (AvgIpc) is 3.37. The fourth-order valence-corrected chi connectivity index (χ4v) is 7.34. The van der Waals surface area contributed by atoms with Gasteiger partial charge >= 0.3 is 0 Å². The molecule has 1 aromatic carbocycles. The summed E-state index contributed by atoms with van der Waals surface area (Å²) in [4.78, 5) is 19.6. The van der Waals surface area contributed by atoms with Crippen molar-refractivity contribution in [2.75, 3.05) is 18.8 Å². The molecule has 0 aliphatic heterocycles. The van der Waals surface area contributed by atoms with Gasteiger partial charge < -0.3 is 25.5 Å². The Bertz CT molecular complexity index is 1560. The lowest BCUT2D eigenvalue weighted by Crippen LogP contribution is -2.48. The van der Waals surface area contributed by atoms with Gasteiger partial charge in [0.25, 0.3) is 0 Å². The van der Waals surface area contributed by atoms with Crippen molar-refractivity contribution in [1.29, 1.82) is 0 Å². The molecule has 0 saturated heterocycles. The fraction of sp³-hybridized carbons (Fsp3) is 0.606. The van der Waals surface area contributed by atoms with E-state index in [4.69, 9.17) is 10.7 Å². The first-order chi connectivity index (χ1) is 20.1.